The van der Waals surface area contributed by atoms with Gasteiger partial charge in [-0.2, -0.15) is 0 Å². The molecule has 1 fully saturated rings. The minimum atomic E-state index is -0.890. The average molecular weight is 357 g/mol. The number of hydrogen-bond donors (Lipinski definition) is 2. The van der Waals surface area contributed by atoms with Crippen LogP contribution in [-0.2, 0) is 29.1 Å². The van der Waals surface area contributed by atoms with Crippen molar-refractivity contribution in [2.45, 2.75) is 51.4 Å². The van der Waals surface area contributed by atoms with Crippen LogP contribution in [-0.4, -0.2) is 39.0 Å². The number of aliphatic carboxylic acids is 1. The molecule has 1 amide bonds. The van der Waals surface area contributed by atoms with E-state index in [1.54, 1.807) is 11.1 Å². The maximum Gasteiger partial charge on any atom is 0.320 e. The molecule has 26 heavy (non-hydrogen) atoms. The first-order valence-electron chi connectivity index (χ1n) is 8.82. The number of carboxylic acid groups (broad SMARTS) is 1. The van der Waals surface area contributed by atoms with Gasteiger partial charge in [0.2, 0.25) is 5.91 Å². The molecule has 0 aliphatic carbocycles. The molecule has 1 aliphatic rings. The summed E-state index contributed by atoms with van der Waals surface area (Å²) in [5, 5.41) is 12.3. The Labute approximate surface area is 152 Å². The molecular weight excluding hydrogens is 334 g/mol. The lowest BCUT2D eigenvalue weighted by atomic mass is 10.1. The Bertz CT molecular complexity index is 759. The van der Waals surface area contributed by atoms with E-state index in [0.717, 1.165) is 5.56 Å². The number of aromatic nitrogens is 1. The van der Waals surface area contributed by atoms with Gasteiger partial charge in [0.1, 0.15) is 11.8 Å². The molecule has 0 radical (unpaired) electrons. The van der Waals surface area contributed by atoms with Gasteiger partial charge in [0.25, 0.3) is 0 Å². The van der Waals surface area contributed by atoms with Crippen molar-refractivity contribution in [2.75, 3.05) is 0 Å². The Balaban J connectivity index is 1.67. The van der Waals surface area contributed by atoms with Crippen molar-refractivity contribution in [2.24, 2.45) is 0 Å². The molecule has 3 rings (SSSR count). The maximum absolute atomic E-state index is 12.7. The molecule has 0 spiro atoms. The zero-order valence-corrected chi connectivity index (χ0v) is 14.7. The van der Waals surface area contributed by atoms with Gasteiger partial charge < -0.3 is 14.8 Å². The summed E-state index contributed by atoms with van der Waals surface area (Å²) in [6.07, 6.45) is 3.28. The van der Waals surface area contributed by atoms with Gasteiger partial charge in [0, 0.05) is 13.0 Å². The van der Waals surface area contributed by atoms with Crippen LogP contribution in [0.2, 0.25) is 0 Å². The molecule has 7 nitrogen and oxygen atoms in total. The van der Waals surface area contributed by atoms with Gasteiger partial charge in [-0.25, -0.2) is 4.98 Å². The van der Waals surface area contributed by atoms with Gasteiger partial charge in [0.15, 0.2) is 5.89 Å². The summed E-state index contributed by atoms with van der Waals surface area (Å²) >= 11 is 0. The lowest BCUT2D eigenvalue weighted by Gasteiger charge is -2.27. The number of carbonyl (C=O) groups is 2. The van der Waals surface area contributed by atoms with E-state index in [2.05, 4.69) is 10.3 Å². The van der Waals surface area contributed by atoms with Crippen molar-refractivity contribution in [1.29, 1.82) is 0 Å². The fourth-order valence-corrected chi connectivity index (χ4v) is 3.31. The molecule has 1 saturated heterocycles. The topological polar surface area (TPSA) is 95.7 Å². The zero-order chi connectivity index (χ0) is 18.5. The number of amides is 1. The van der Waals surface area contributed by atoms with Gasteiger partial charge in [-0.3, -0.25) is 14.5 Å². The fraction of sp³-hybridized carbons (Fsp3) is 0.421. The second-order valence-electron chi connectivity index (χ2n) is 6.40. The van der Waals surface area contributed by atoms with E-state index >= 15 is 0 Å². The first kappa shape index (κ1) is 18.1. The van der Waals surface area contributed by atoms with E-state index < -0.39 is 18.1 Å². The Hall–Kier alpha value is -2.67. The molecule has 0 bridgehead atoms. The molecule has 7 heteroatoms. The van der Waals surface area contributed by atoms with Crippen molar-refractivity contribution >= 4 is 11.9 Å². The molecule has 2 heterocycles. The Morgan fingerprint density at radius 1 is 1.27 bits per heavy atom. The molecule has 2 aromatic rings. The summed E-state index contributed by atoms with van der Waals surface area (Å²) in [4.78, 5) is 30.1. The second-order valence-corrected chi connectivity index (χ2v) is 6.40. The van der Waals surface area contributed by atoms with Crippen LogP contribution < -0.4 is 5.32 Å². The third-order valence-corrected chi connectivity index (χ3v) is 4.65. The lowest BCUT2D eigenvalue weighted by molar-refractivity contribution is -0.143. The molecule has 1 aliphatic heterocycles. The summed E-state index contributed by atoms with van der Waals surface area (Å²) < 4.78 is 5.49. The predicted octanol–water partition coefficient (Wildman–Crippen LogP) is 1.97. The second kappa shape index (κ2) is 8.14. The van der Waals surface area contributed by atoms with E-state index in [9.17, 15) is 14.7 Å². The molecule has 2 N–H and O–H groups in total. The standard InChI is InChI=1S/C19H23N3O4/c1-2-17-20-10-14(26-17)11-21-18(23)15-8-9-16(19(24)25)22(15)12-13-6-4-3-5-7-13/h3-7,10,15-16H,2,8-9,11-12H2,1H3,(H,21,23)(H,24,25). The lowest BCUT2D eigenvalue weighted by Crippen LogP contribution is -2.47. The maximum atomic E-state index is 12.7. The highest BCUT2D eigenvalue weighted by molar-refractivity contribution is 5.84. The smallest absolute Gasteiger partial charge is 0.320 e. The largest absolute Gasteiger partial charge is 0.480 e. The summed E-state index contributed by atoms with van der Waals surface area (Å²) in [6, 6.07) is 8.48. The number of aryl methyl sites for hydroxylation is 1. The number of likely N-dealkylation sites (tertiary alicyclic amines) is 1. The quantitative estimate of drug-likeness (QED) is 0.787. The minimum absolute atomic E-state index is 0.181. The van der Waals surface area contributed by atoms with Crippen LogP contribution in [0.4, 0.5) is 0 Å². The summed E-state index contributed by atoms with van der Waals surface area (Å²) in [7, 11) is 0. The minimum Gasteiger partial charge on any atom is -0.480 e. The van der Waals surface area contributed by atoms with Gasteiger partial charge >= 0.3 is 5.97 Å². The number of nitrogens with one attached hydrogen (secondary N) is 1. The van der Waals surface area contributed by atoms with E-state index in [4.69, 9.17) is 4.42 Å². The van der Waals surface area contributed by atoms with Crippen LogP contribution in [0.3, 0.4) is 0 Å². The van der Waals surface area contributed by atoms with Crippen molar-refractivity contribution in [1.82, 2.24) is 15.2 Å². The summed E-state index contributed by atoms with van der Waals surface area (Å²) in [6.45, 7) is 2.62. The third-order valence-electron chi connectivity index (χ3n) is 4.65. The number of rotatable bonds is 7. The summed E-state index contributed by atoms with van der Waals surface area (Å²) in [5.74, 6) is 0.155. The van der Waals surface area contributed by atoms with Crippen LogP contribution in [0.1, 0.15) is 37.0 Å². The van der Waals surface area contributed by atoms with Crippen LogP contribution in [0.25, 0.3) is 0 Å². The molecule has 1 aromatic carbocycles. The molecule has 1 aromatic heterocycles. The van der Waals surface area contributed by atoms with Crippen LogP contribution >= 0.6 is 0 Å². The molecule has 2 unspecified atom stereocenters. The number of oxazole rings is 1. The molecule has 2 atom stereocenters. The molecular formula is C19H23N3O4. The van der Waals surface area contributed by atoms with Crippen molar-refractivity contribution in [3.05, 3.63) is 53.7 Å². The number of benzene rings is 1. The SMILES string of the molecule is CCc1ncc(CNC(=O)C2CCC(C(=O)O)N2Cc2ccccc2)o1. The highest BCUT2D eigenvalue weighted by atomic mass is 16.4. The van der Waals surface area contributed by atoms with Crippen molar-refractivity contribution < 1.29 is 19.1 Å². The monoisotopic (exact) mass is 357 g/mol. The third kappa shape index (κ3) is 4.11. The average Bonchev–Trinajstić information content (AvgIpc) is 3.27. The Morgan fingerprint density at radius 3 is 2.65 bits per heavy atom. The fourth-order valence-electron chi connectivity index (χ4n) is 3.31. The Morgan fingerprint density at radius 2 is 2.00 bits per heavy atom. The van der Waals surface area contributed by atoms with Crippen molar-refractivity contribution in [3.63, 3.8) is 0 Å². The van der Waals surface area contributed by atoms with E-state index in [-0.39, 0.29) is 12.5 Å². The molecule has 0 saturated carbocycles. The van der Waals surface area contributed by atoms with Crippen molar-refractivity contribution in [3.8, 4) is 0 Å². The predicted molar refractivity (Wildman–Crippen MR) is 94.2 cm³/mol. The van der Waals surface area contributed by atoms with E-state index in [0.29, 0.717) is 37.5 Å². The number of carboxylic acids is 1. The van der Waals surface area contributed by atoms with Crippen LogP contribution in [0.15, 0.2) is 40.9 Å². The Kier molecular flexibility index (Phi) is 5.68. The normalized spacial score (nSPS) is 20.2. The van der Waals surface area contributed by atoms with Gasteiger partial charge in [-0.05, 0) is 18.4 Å². The number of nitrogens with zero attached hydrogens (tertiary/aromatic N) is 2. The van der Waals surface area contributed by atoms with Crippen LogP contribution in [0.5, 0.6) is 0 Å². The van der Waals surface area contributed by atoms with Gasteiger partial charge in [-0.1, -0.05) is 37.3 Å². The zero-order valence-electron chi connectivity index (χ0n) is 14.7. The summed E-state index contributed by atoms with van der Waals surface area (Å²) in [5.41, 5.74) is 0.987. The van der Waals surface area contributed by atoms with Gasteiger partial charge in [-0.15, -0.1) is 0 Å². The highest BCUT2D eigenvalue weighted by Crippen LogP contribution is 2.27. The van der Waals surface area contributed by atoms with E-state index in [1.807, 2.05) is 37.3 Å². The molecule has 138 valence electrons. The number of hydrogen-bond acceptors (Lipinski definition) is 5. The van der Waals surface area contributed by atoms with Crippen LogP contribution in [0, 0.1) is 0 Å². The van der Waals surface area contributed by atoms with Gasteiger partial charge in [0.05, 0.1) is 18.8 Å². The first-order valence-corrected chi connectivity index (χ1v) is 8.82. The van der Waals surface area contributed by atoms with E-state index in [1.165, 1.54) is 0 Å². The highest BCUT2D eigenvalue weighted by Gasteiger charge is 2.41. The number of carbonyl (C=O) groups excluding carboxylic acids is 1. The first-order chi connectivity index (χ1) is 12.6.